The van der Waals surface area contributed by atoms with E-state index in [2.05, 4.69) is 20.5 Å². The van der Waals surface area contributed by atoms with Crippen molar-refractivity contribution in [2.75, 3.05) is 5.32 Å². The van der Waals surface area contributed by atoms with Gasteiger partial charge in [-0.05, 0) is 30.7 Å². The summed E-state index contributed by atoms with van der Waals surface area (Å²) in [6.07, 6.45) is 2.47. The molecule has 1 amide bonds. The molecule has 0 fully saturated rings. The van der Waals surface area contributed by atoms with E-state index < -0.39 is 11.9 Å². The van der Waals surface area contributed by atoms with E-state index in [9.17, 15) is 9.59 Å². The van der Waals surface area contributed by atoms with Crippen molar-refractivity contribution in [3.8, 4) is 0 Å². The summed E-state index contributed by atoms with van der Waals surface area (Å²) in [6, 6.07) is 6.78. The molecule has 0 saturated carbocycles. The molecule has 0 aliphatic rings. The zero-order chi connectivity index (χ0) is 14.5. The van der Waals surface area contributed by atoms with Crippen LogP contribution in [0.15, 0.2) is 30.3 Å². The predicted molar refractivity (Wildman–Crippen MR) is 72.2 cm³/mol. The quantitative estimate of drug-likeness (QED) is 0.730. The summed E-state index contributed by atoms with van der Waals surface area (Å²) >= 11 is 0. The number of H-pyrrole nitrogens is 1. The smallest absolute Gasteiger partial charge is 0.328 e. The summed E-state index contributed by atoms with van der Waals surface area (Å²) in [5.74, 6) is -0.869. The topological polar surface area (TPSA) is 108 Å². The van der Waals surface area contributed by atoms with E-state index in [0.717, 1.165) is 6.08 Å². The minimum atomic E-state index is -1.03. The van der Waals surface area contributed by atoms with Crippen molar-refractivity contribution in [1.82, 2.24) is 15.2 Å². The molecule has 0 saturated heterocycles. The maximum atomic E-state index is 11.8. The van der Waals surface area contributed by atoms with Gasteiger partial charge in [-0.15, -0.1) is 5.10 Å². The number of nitrogens with one attached hydrogen (secondary N) is 2. The minimum Gasteiger partial charge on any atom is -0.478 e. The number of hydrogen-bond acceptors (Lipinski definition) is 4. The number of aryl methyl sites for hydroxylation is 1. The highest BCUT2D eigenvalue weighted by molar-refractivity contribution is 6.01. The van der Waals surface area contributed by atoms with Crippen LogP contribution in [0, 0.1) is 6.92 Å². The van der Waals surface area contributed by atoms with Gasteiger partial charge in [0.15, 0.2) is 0 Å². The Morgan fingerprint density at radius 1 is 1.40 bits per heavy atom. The van der Waals surface area contributed by atoms with E-state index in [1.165, 1.54) is 6.08 Å². The molecule has 1 heterocycles. The molecule has 7 nitrogen and oxygen atoms in total. The van der Waals surface area contributed by atoms with Crippen LogP contribution in [0.1, 0.15) is 22.0 Å². The van der Waals surface area contributed by atoms with Crippen molar-refractivity contribution in [2.24, 2.45) is 0 Å². The van der Waals surface area contributed by atoms with Gasteiger partial charge in [0.1, 0.15) is 5.82 Å². The monoisotopic (exact) mass is 272 g/mol. The summed E-state index contributed by atoms with van der Waals surface area (Å²) in [4.78, 5) is 26.2. The number of benzene rings is 1. The molecule has 0 radical (unpaired) electrons. The van der Waals surface area contributed by atoms with Crippen LogP contribution < -0.4 is 5.32 Å². The van der Waals surface area contributed by atoms with Gasteiger partial charge in [-0.1, -0.05) is 12.1 Å². The molecule has 1 aromatic carbocycles. The summed E-state index contributed by atoms with van der Waals surface area (Å²) in [5, 5.41) is 17.5. The molecule has 7 heteroatoms. The normalized spacial score (nSPS) is 10.7. The molecule has 2 rings (SSSR count). The van der Waals surface area contributed by atoms with Gasteiger partial charge in [0.2, 0.25) is 5.82 Å². The van der Waals surface area contributed by atoms with Gasteiger partial charge in [0.05, 0.1) is 0 Å². The fourth-order valence-electron chi connectivity index (χ4n) is 1.52. The van der Waals surface area contributed by atoms with Crippen molar-refractivity contribution in [3.63, 3.8) is 0 Å². The molecule has 2 aromatic rings. The molecule has 0 unspecified atom stereocenters. The van der Waals surface area contributed by atoms with Crippen LogP contribution >= 0.6 is 0 Å². The summed E-state index contributed by atoms with van der Waals surface area (Å²) in [6.45, 7) is 1.70. The van der Waals surface area contributed by atoms with Crippen LogP contribution in [0.2, 0.25) is 0 Å². The van der Waals surface area contributed by atoms with Crippen molar-refractivity contribution >= 4 is 23.6 Å². The van der Waals surface area contributed by atoms with Crippen LogP contribution in [0.4, 0.5) is 5.69 Å². The Hall–Kier alpha value is -2.96. The third-order valence-electron chi connectivity index (χ3n) is 2.36. The highest BCUT2D eigenvalue weighted by Gasteiger charge is 2.11. The van der Waals surface area contributed by atoms with Crippen LogP contribution in [0.5, 0.6) is 0 Å². The van der Waals surface area contributed by atoms with Gasteiger partial charge in [-0.25, -0.2) is 9.78 Å². The van der Waals surface area contributed by atoms with E-state index >= 15 is 0 Å². The van der Waals surface area contributed by atoms with Crippen LogP contribution in [-0.2, 0) is 4.79 Å². The maximum absolute atomic E-state index is 11.8. The Bertz CT molecular complexity index is 676. The minimum absolute atomic E-state index is 0.0500. The van der Waals surface area contributed by atoms with Gasteiger partial charge in [0, 0.05) is 11.8 Å². The second kappa shape index (κ2) is 5.79. The van der Waals surface area contributed by atoms with Crippen LogP contribution in [0.25, 0.3) is 6.08 Å². The zero-order valence-electron chi connectivity index (χ0n) is 10.6. The van der Waals surface area contributed by atoms with Crippen molar-refractivity contribution in [1.29, 1.82) is 0 Å². The number of carbonyl (C=O) groups excluding carboxylic acids is 1. The van der Waals surface area contributed by atoms with Gasteiger partial charge in [-0.3, -0.25) is 9.89 Å². The molecule has 0 aliphatic carbocycles. The van der Waals surface area contributed by atoms with Crippen LogP contribution in [0.3, 0.4) is 0 Å². The lowest BCUT2D eigenvalue weighted by Gasteiger charge is -2.03. The first kappa shape index (κ1) is 13.5. The Kier molecular flexibility index (Phi) is 3.90. The molecule has 0 atom stereocenters. The van der Waals surface area contributed by atoms with Crippen molar-refractivity contribution in [3.05, 3.63) is 47.6 Å². The van der Waals surface area contributed by atoms with Gasteiger partial charge >= 0.3 is 5.97 Å². The third kappa shape index (κ3) is 3.52. The lowest BCUT2D eigenvalue weighted by atomic mass is 10.2. The summed E-state index contributed by atoms with van der Waals surface area (Å²) in [7, 11) is 0. The molecule has 0 bridgehead atoms. The molecule has 0 spiro atoms. The van der Waals surface area contributed by atoms with Gasteiger partial charge in [0.25, 0.3) is 5.91 Å². The maximum Gasteiger partial charge on any atom is 0.328 e. The number of aromatic nitrogens is 3. The highest BCUT2D eigenvalue weighted by Crippen LogP contribution is 2.12. The van der Waals surface area contributed by atoms with Crippen molar-refractivity contribution < 1.29 is 14.7 Å². The third-order valence-corrected chi connectivity index (χ3v) is 2.36. The molecular weight excluding hydrogens is 260 g/mol. The Morgan fingerprint density at radius 3 is 2.85 bits per heavy atom. The standard InChI is InChI=1S/C13H12N4O3/c1-8-14-12(17-16-8)13(20)15-10-4-2-3-9(7-10)5-6-11(18)19/h2-7H,1H3,(H,15,20)(H,18,19)(H,14,16,17)/b6-5+. The first-order chi connectivity index (χ1) is 9.54. The second-order valence-electron chi connectivity index (χ2n) is 4.00. The summed E-state index contributed by atoms with van der Waals surface area (Å²) < 4.78 is 0. The average Bonchev–Trinajstić information content (AvgIpc) is 2.84. The number of rotatable bonds is 4. The fraction of sp³-hybridized carbons (Fsp3) is 0.0769. The molecule has 3 N–H and O–H groups in total. The molecule has 20 heavy (non-hydrogen) atoms. The Labute approximate surface area is 114 Å². The molecule has 1 aromatic heterocycles. The molecule has 0 aliphatic heterocycles. The van der Waals surface area contributed by atoms with E-state index in [1.807, 2.05) is 0 Å². The van der Waals surface area contributed by atoms with Gasteiger partial charge < -0.3 is 10.4 Å². The number of nitrogens with zero attached hydrogens (tertiary/aromatic N) is 2. The summed E-state index contributed by atoms with van der Waals surface area (Å²) in [5.41, 5.74) is 1.20. The predicted octanol–water partition coefficient (Wildman–Crippen LogP) is 1.46. The Balaban J connectivity index is 2.11. The first-order valence-electron chi connectivity index (χ1n) is 5.76. The van der Waals surface area contributed by atoms with E-state index in [1.54, 1.807) is 31.2 Å². The lowest BCUT2D eigenvalue weighted by molar-refractivity contribution is -0.131. The van der Waals surface area contributed by atoms with E-state index in [-0.39, 0.29) is 5.82 Å². The number of anilines is 1. The Morgan fingerprint density at radius 2 is 2.20 bits per heavy atom. The SMILES string of the molecule is Cc1nc(C(=O)Nc2cccc(/C=C/C(=O)O)c2)n[nH]1. The number of hydrogen-bond donors (Lipinski definition) is 3. The van der Waals surface area contributed by atoms with Crippen molar-refractivity contribution in [2.45, 2.75) is 6.92 Å². The molecular formula is C13H12N4O3. The van der Waals surface area contributed by atoms with Gasteiger partial charge in [-0.2, -0.15) is 0 Å². The zero-order valence-corrected chi connectivity index (χ0v) is 10.6. The second-order valence-corrected chi connectivity index (χ2v) is 4.00. The highest BCUT2D eigenvalue weighted by atomic mass is 16.4. The first-order valence-corrected chi connectivity index (χ1v) is 5.76. The lowest BCUT2D eigenvalue weighted by Crippen LogP contribution is -2.13. The number of aromatic amines is 1. The number of carboxylic acid groups (broad SMARTS) is 1. The fourth-order valence-corrected chi connectivity index (χ4v) is 1.52. The largest absolute Gasteiger partial charge is 0.478 e. The number of aliphatic carboxylic acids is 1. The van der Waals surface area contributed by atoms with Crippen LogP contribution in [-0.4, -0.2) is 32.2 Å². The average molecular weight is 272 g/mol. The molecule has 102 valence electrons. The number of carboxylic acids is 1. The van der Waals surface area contributed by atoms with E-state index in [0.29, 0.717) is 17.1 Å². The number of carbonyl (C=O) groups is 2. The van der Waals surface area contributed by atoms with E-state index in [4.69, 9.17) is 5.11 Å². The number of amides is 1.